The first-order valence-corrected chi connectivity index (χ1v) is 6.88. The average Bonchev–Trinajstić information content (AvgIpc) is 2.43. The Balaban J connectivity index is 2.05. The molecule has 2 rings (SSSR count). The molecule has 0 saturated heterocycles. The van der Waals surface area contributed by atoms with E-state index < -0.39 is 0 Å². The maximum atomic E-state index is 6.16. The number of hydrogen-bond acceptors (Lipinski definition) is 2. The molecule has 19 heavy (non-hydrogen) atoms. The summed E-state index contributed by atoms with van der Waals surface area (Å²) in [5, 5.41) is 4.10. The number of nitrogens with one attached hydrogen (secondary N) is 1. The summed E-state index contributed by atoms with van der Waals surface area (Å²) in [5.74, 6) is 0. The van der Waals surface area contributed by atoms with E-state index in [1.807, 2.05) is 13.1 Å². The fraction of sp³-hybridized carbons (Fsp3) is 0.312. The molecule has 1 atom stereocenters. The van der Waals surface area contributed by atoms with Gasteiger partial charge in [0.15, 0.2) is 0 Å². The number of halogens is 1. The van der Waals surface area contributed by atoms with Gasteiger partial charge in [-0.2, -0.15) is 0 Å². The number of rotatable bonds is 5. The van der Waals surface area contributed by atoms with E-state index in [0.29, 0.717) is 6.04 Å². The van der Waals surface area contributed by atoms with E-state index in [1.54, 1.807) is 12.4 Å². The first-order chi connectivity index (χ1) is 9.19. The Morgan fingerprint density at radius 1 is 1.16 bits per heavy atom. The van der Waals surface area contributed by atoms with Gasteiger partial charge in [-0.3, -0.25) is 4.98 Å². The maximum absolute atomic E-state index is 6.16. The van der Waals surface area contributed by atoms with Gasteiger partial charge in [0.2, 0.25) is 0 Å². The van der Waals surface area contributed by atoms with Crippen LogP contribution < -0.4 is 5.32 Å². The van der Waals surface area contributed by atoms with Crippen molar-refractivity contribution < 1.29 is 0 Å². The molecule has 2 aromatic rings. The molecule has 0 saturated carbocycles. The Morgan fingerprint density at radius 2 is 1.89 bits per heavy atom. The normalized spacial score (nSPS) is 12.4. The Kier molecular flexibility index (Phi) is 4.94. The highest BCUT2D eigenvalue weighted by atomic mass is 35.5. The van der Waals surface area contributed by atoms with Crippen LogP contribution in [0.3, 0.4) is 0 Å². The van der Waals surface area contributed by atoms with Gasteiger partial charge in [-0.1, -0.05) is 41.4 Å². The molecule has 1 aromatic carbocycles. The summed E-state index contributed by atoms with van der Waals surface area (Å²) in [6, 6.07) is 11.1. The lowest BCUT2D eigenvalue weighted by atomic mass is 9.99. The van der Waals surface area contributed by atoms with Crippen LogP contribution in [0, 0.1) is 6.92 Å². The second-order valence-electron chi connectivity index (χ2n) is 4.85. The van der Waals surface area contributed by atoms with Gasteiger partial charge < -0.3 is 5.32 Å². The fourth-order valence-corrected chi connectivity index (χ4v) is 2.32. The summed E-state index contributed by atoms with van der Waals surface area (Å²) in [6.07, 6.45) is 5.40. The van der Waals surface area contributed by atoms with Gasteiger partial charge in [0.05, 0.1) is 5.02 Å². The van der Waals surface area contributed by atoms with Crippen molar-refractivity contribution in [3.05, 3.63) is 64.4 Å². The van der Waals surface area contributed by atoms with Crippen LogP contribution in [-0.2, 0) is 12.8 Å². The minimum Gasteiger partial charge on any atom is -0.316 e. The summed E-state index contributed by atoms with van der Waals surface area (Å²) in [4.78, 5) is 4.02. The number of pyridine rings is 1. The van der Waals surface area contributed by atoms with Gasteiger partial charge in [-0.15, -0.1) is 0 Å². The molecule has 1 unspecified atom stereocenters. The SMILES string of the molecule is CNC(Cc1ccc(C)cc1)Cc1ccncc1Cl. The maximum Gasteiger partial charge on any atom is 0.0621 e. The van der Waals surface area contributed by atoms with Crippen molar-refractivity contribution in [3.63, 3.8) is 0 Å². The van der Waals surface area contributed by atoms with E-state index in [-0.39, 0.29) is 0 Å². The molecule has 0 fully saturated rings. The summed E-state index contributed by atoms with van der Waals surface area (Å²) in [5.41, 5.74) is 3.78. The van der Waals surface area contributed by atoms with Gasteiger partial charge in [0.25, 0.3) is 0 Å². The molecular weight excluding hydrogens is 256 g/mol. The smallest absolute Gasteiger partial charge is 0.0621 e. The second kappa shape index (κ2) is 6.69. The van der Waals surface area contributed by atoms with Crippen LogP contribution in [-0.4, -0.2) is 18.1 Å². The van der Waals surface area contributed by atoms with Crippen LogP contribution in [0.4, 0.5) is 0 Å². The summed E-state index contributed by atoms with van der Waals surface area (Å²) < 4.78 is 0. The van der Waals surface area contributed by atoms with E-state index in [0.717, 1.165) is 23.4 Å². The van der Waals surface area contributed by atoms with E-state index >= 15 is 0 Å². The van der Waals surface area contributed by atoms with Crippen molar-refractivity contribution in [1.82, 2.24) is 10.3 Å². The van der Waals surface area contributed by atoms with Crippen molar-refractivity contribution in [2.45, 2.75) is 25.8 Å². The van der Waals surface area contributed by atoms with Crippen LogP contribution in [0.15, 0.2) is 42.7 Å². The summed E-state index contributed by atoms with van der Waals surface area (Å²) in [7, 11) is 1.99. The third-order valence-corrected chi connectivity index (χ3v) is 3.67. The Hall–Kier alpha value is -1.38. The molecule has 0 aliphatic carbocycles. The zero-order valence-corrected chi connectivity index (χ0v) is 12.1. The van der Waals surface area contributed by atoms with E-state index in [1.165, 1.54) is 11.1 Å². The van der Waals surface area contributed by atoms with Crippen LogP contribution in [0.1, 0.15) is 16.7 Å². The molecule has 0 spiro atoms. The van der Waals surface area contributed by atoms with Gasteiger partial charge in [-0.25, -0.2) is 0 Å². The number of benzene rings is 1. The van der Waals surface area contributed by atoms with E-state index in [4.69, 9.17) is 11.6 Å². The largest absolute Gasteiger partial charge is 0.316 e. The number of aromatic nitrogens is 1. The molecule has 0 amide bonds. The quantitative estimate of drug-likeness (QED) is 0.904. The third kappa shape index (κ3) is 4.05. The average molecular weight is 275 g/mol. The molecular formula is C16H19ClN2. The lowest BCUT2D eigenvalue weighted by Crippen LogP contribution is -2.30. The zero-order chi connectivity index (χ0) is 13.7. The highest BCUT2D eigenvalue weighted by Gasteiger charge is 2.10. The molecule has 0 radical (unpaired) electrons. The predicted molar refractivity (Wildman–Crippen MR) is 80.7 cm³/mol. The number of aryl methyl sites for hydroxylation is 1. The molecule has 2 nitrogen and oxygen atoms in total. The minimum absolute atomic E-state index is 0.377. The number of hydrogen-bond donors (Lipinski definition) is 1. The van der Waals surface area contributed by atoms with Crippen LogP contribution >= 0.6 is 11.6 Å². The van der Waals surface area contributed by atoms with Gasteiger partial charge in [0.1, 0.15) is 0 Å². The molecule has 0 bridgehead atoms. The monoisotopic (exact) mass is 274 g/mol. The van der Waals surface area contributed by atoms with Gasteiger partial charge >= 0.3 is 0 Å². The Labute approximate surface area is 119 Å². The predicted octanol–water partition coefficient (Wildman–Crippen LogP) is 3.42. The van der Waals surface area contributed by atoms with Crippen molar-refractivity contribution in [2.24, 2.45) is 0 Å². The van der Waals surface area contributed by atoms with Gasteiger partial charge in [0, 0.05) is 18.4 Å². The Morgan fingerprint density at radius 3 is 2.53 bits per heavy atom. The van der Waals surface area contributed by atoms with Crippen LogP contribution in [0.5, 0.6) is 0 Å². The number of likely N-dealkylation sites (N-methyl/N-ethyl adjacent to an activating group) is 1. The number of nitrogens with zero attached hydrogens (tertiary/aromatic N) is 1. The summed E-state index contributed by atoms with van der Waals surface area (Å²) >= 11 is 6.16. The second-order valence-corrected chi connectivity index (χ2v) is 5.25. The third-order valence-electron chi connectivity index (χ3n) is 3.33. The minimum atomic E-state index is 0.377. The molecule has 3 heteroatoms. The molecule has 1 N–H and O–H groups in total. The van der Waals surface area contributed by atoms with Gasteiger partial charge in [-0.05, 0) is 44.0 Å². The lowest BCUT2D eigenvalue weighted by molar-refractivity contribution is 0.556. The first-order valence-electron chi connectivity index (χ1n) is 6.50. The summed E-state index contributed by atoms with van der Waals surface area (Å²) in [6.45, 7) is 2.11. The molecule has 0 aliphatic rings. The van der Waals surface area contributed by atoms with Crippen molar-refractivity contribution >= 4 is 11.6 Å². The van der Waals surface area contributed by atoms with E-state index in [2.05, 4.69) is 41.5 Å². The van der Waals surface area contributed by atoms with Crippen molar-refractivity contribution in [3.8, 4) is 0 Å². The lowest BCUT2D eigenvalue weighted by Gasteiger charge is -2.17. The highest BCUT2D eigenvalue weighted by Crippen LogP contribution is 2.17. The Bertz CT molecular complexity index is 523. The molecule has 1 aromatic heterocycles. The molecule has 1 heterocycles. The standard InChI is InChI=1S/C16H19ClN2/c1-12-3-5-13(6-4-12)9-15(18-2)10-14-7-8-19-11-16(14)17/h3-8,11,15,18H,9-10H2,1-2H3. The first kappa shape index (κ1) is 14.0. The van der Waals surface area contributed by atoms with Crippen LogP contribution in [0.25, 0.3) is 0 Å². The highest BCUT2D eigenvalue weighted by molar-refractivity contribution is 6.31. The molecule has 100 valence electrons. The topological polar surface area (TPSA) is 24.9 Å². The van der Waals surface area contributed by atoms with Crippen molar-refractivity contribution in [2.75, 3.05) is 7.05 Å². The van der Waals surface area contributed by atoms with Crippen molar-refractivity contribution in [1.29, 1.82) is 0 Å². The van der Waals surface area contributed by atoms with E-state index in [9.17, 15) is 0 Å². The molecule has 0 aliphatic heterocycles. The zero-order valence-electron chi connectivity index (χ0n) is 11.4. The fourth-order valence-electron chi connectivity index (χ4n) is 2.12. The van der Waals surface area contributed by atoms with Crippen LogP contribution in [0.2, 0.25) is 5.02 Å².